The van der Waals surface area contributed by atoms with E-state index in [1.54, 1.807) is 33.8 Å². The van der Waals surface area contributed by atoms with Gasteiger partial charge < -0.3 is 11.1 Å². The molecule has 5 N–H and O–H groups in total. The summed E-state index contributed by atoms with van der Waals surface area (Å²) in [6.45, 7) is 7.22. The number of aryl methyl sites for hydroxylation is 1. The molecular weight excluding hydrogens is 278 g/mol. The number of nitrogens with one attached hydrogen (secondary N) is 1. The van der Waals surface area contributed by atoms with Gasteiger partial charge in [-0.05, 0) is 51.0 Å². The van der Waals surface area contributed by atoms with Crippen LogP contribution in [0.3, 0.4) is 0 Å². The number of benzene rings is 1. The third-order valence-corrected chi connectivity index (χ3v) is 4.19. The highest BCUT2D eigenvalue weighted by molar-refractivity contribution is 7.89. The number of amides is 1. The highest BCUT2D eigenvalue weighted by Crippen LogP contribution is 2.20. The van der Waals surface area contributed by atoms with Crippen molar-refractivity contribution in [2.45, 2.75) is 38.1 Å². The molecule has 0 aliphatic heterocycles. The van der Waals surface area contributed by atoms with Gasteiger partial charge in [0.15, 0.2) is 0 Å². The Hall–Kier alpha value is -1.44. The molecule has 0 saturated heterocycles. The molecule has 112 valence electrons. The van der Waals surface area contributed by atoms with Crippen LogP contribution in [0, 0.1) is 13.8 Å². The van der Waals surface area contributed by atoms with Crippen LogP contribution in [0.25, 0.3) is 0 Å². The van der Waals surface area contributed by atoms with E-state index in [1.807, 2.05) is 0 Å². The molecule has 0 heterocycles. The zero-order chi connectivity index (χ0) is 15.7. The average Bonchev–Trinajstić information content (AvgIpc) is 2.30. The maximum atomic E-state index is 12.2. The van der Waals surface area contributed by atoms with Crippen molar-refractivity contribution in [3.8, 4) is 0 Å². The van der Waals surface area contributed by atoms with Gasteiger partial charge in [-0.1, -0.05) is 0 Å². The van der Waals surface area contributed by atoms with Crippen molar-refractivity contribution in [3.63, 3.8) is 0 Å². The molecule has 0 fully saturated rings. The van der Waals surface area contributed by atoms with Crippen molar-refractivity contribution in [2.75, 3.05) is 6.54 Å². The number of carbonyl (C=O) groups excluding carboxylic acids is 1. The van der Waals surface area contributed by atoms with E-state index in [4.69, 9.17) is 10.9 Å². The minimum absolute atomic E-state index is 0.0341. The minimum atomic E-state index is -3.87. The zero-order valence-electron chi connectivity index (χ0n) is 12.1. The molecule has 20 heavy (non-hydrogen) atoms. The molecule has 7 heteroatoms. The first-order chi connectivity index (χ1) is 8.98. The summed E-state index contributed by atoms with van der Waals surface area (Å²) in [5.41, 5.74) is 6.46. The van der Waals surface area contributed by atoms with Crippen molar-refractivity contribution >= 4 is 15.9 Å². The van der Waals surface area contributed by atoms with Crippen LogP contribution in [-0.4, -0.2) is 26.4 Å². The summed E-state index contributed by atoms with van der Waals surface area (Å²) in [6, 6.07) is 2.92. The number of sulfonamides is 1. The third-order valence-electron chi connectivity index (χ3n) is 3.15. The van der Waals surface area contributed by atoms with Crippen LogP contribution in [0.5, 0.6) is 0 Å². The number of hydrogen-bond donors (Lipinski definition) is 3. The van der Waals surface area contributed by atoms with Gasteiger partial charge in [0, 0.05) is 17.6 Å². The molecule has 0 unspecified atom stereocenters. The second-order valence-corrected chi connectivity index (χ2v) is 7.03. The van der Waals surface area contributed by atoms with Gasteiger partial charge in [0.1, 0.15) is 0 Å². The third kappa shape index (κ3) is 3.78. The summed E-state index contributed by atoms with van der Waals surface area (Å²) in [7, 11) is -3.87. The molecule has 0 aromatic heterocycles. The van der Waals surface area contributed by atoms with E-state index in [0.29, 0.717) is 11.1 Å². The fourth-order valence-corrected chi connectivity index (χ4v) is 2.56. The molecular formula is C13H21N3O3S. The Morgan fingerprint density at radius 2 is 1.85 bits per heavy atom. The SMILES string of the molecule is Cc1cc(C(=O)NC(C)(C)CN)cc(S(N)(=O)=O)c1C. The van der Waals surface area contributed by atoms with Crippen LogP contribution in [0.15, 0.2) is 17.0 Å². The van der Waals surface area contributed by atoms with Crippen molar-refractivity contribution in [1.29, 1.82) is 0 Å². The predicted molar refractivity (Wildman–Crippen MR) is 77.9 cm³/mol. The van der Waals surface area contributed by atoms with E-state index < -0.39 is 15.6 Å². The predicted octanol–water partition coefficient (Wildman–Crippen LogP) is 0.418. The van der Waals surface area contributed by atoms with Crippen molar-refractivity contribution in [1.82, 2.24) is 5.32 Å². The summed E-state index contributed by atoms with van der Waals surface area (Å²) < 4.78 is 23.1. The van der Waals surface area contributed by atoms with Gasteiger partial charge in [-0.2, -0.15) is 0 Å². The van der Waals surface area contributed by atoms with Crippen LogP contribution in [0.1, 0.15) is 35.3 Å². The molecule has 0 aliphatic carbocycles. The first-order valence-corrected chi connectivity index (χ1v) is 7.69. The summed E-state index contributed by atoms with van der Waals surface area (Å²) >= 11 is 0. The molecule has 0 bridgehead atoms. The van der Waals surface area contributed by atoms with E-state index in [0.717, 1.165) is 0 Å². The summed E-state index contributed by atoms with van der Waals surface area (Å²) in [6.07, 6.45) is 0. The zero-order valence-corrected chi connectivity index (χ0v) is 13.0. The smallest absolute Gasteiger partial charge is 0.251 e. The number of hydrogen-bond acceptors (Lipinski definition) is 4. The van der Waals surface area contributed by atoms with Gasteiger partial charge in [-0.3, -0.25) is 4.79 Å². The normalized spacial score (nSPS) is 12.3. The standard InChI is InChI=1S/C13H21N3O3S/c1-8-5-10(12(17)16-13(3,4)7-14)6-11(9(8)2)20(15,18)19/h5-6H,7,14H2,1-4H3,(H,16,17)(H2,15,18,19). The Labute approximate surface area is 119 Å². The van der Waals surface area contributed by atoms with Gasteiger partial charge in [0.25, 0.3) is 5.91 Å². The summed E-state index contributed by atoms with van der Waals surface area (Å²) in [5.74, 6) is -0.381. The van der Waals surface area contributed by atoms with Crippen LogP contribution in [0.2, 0.25) is 0 Å². The largest absolute Gasteiger partial charge is 0.346 e. The molecule has 0 spiro atoms. The fraction of sp³-hybridized carbons (Fsp3) is 0.462. The monoisotopic (exact) mass is 299 g/mol. The molecule has 1 aromatic rings. The summed E-state index contributed by atoms with van der Waals surface area (Å²) in [4.78, 5) is 12.1. The molecule has 0 aliphatic rings. The van der Waals surface area contributed by atoms with Gasteiger partial charge >= 0.3 is 0 Å². The van der Waals surface area contributed by atoms with Gasteiger partial charge in [0.2, 0.25) is 10.0 Å². The maximum absolute atomic E-state index is 12.2. The maximum Gasteiger partial charge on any atom is 0.251 e. The molecule has 0 saturated carbocycles. The lowest BCUT2D eigenvalue weighted by atomic mass is 10.0. The van der Waals surface area contributed by atoms with Crippen LogP contribution in [-0.2, 0) is 10.0 Å². The van der Waals surface area contributed by atoms with Crippen molar-refractivity contribution in [2.24, 2.45) is 10.9 Å². The van der Waals surface area contributed by atoms with Crippen molar-refractivity contribution < 1.29 is 13.2 Å². The highest BCUT2D eigenvalue weighted by atomic mass is 32.2. The first-order valence-electron chi connectivity index (χ1n) is 6.14. The lowest BCUT2D eigenvalue weighted by molar-refractivity contribution is 0.0915. The van der Waals surface area contributed by atoms with E-state index in [9.17, 15) is 13.2 Å². The highest BCUT2D eigenvalue weighted by Gasteiger charge is 2.22. The molecule has 0 radical (unpaired) electrons. The van der Waals surface area contributed by atoms with E-state index in [-0.39, 0.29) is 22.9 Å². The fourth-order valence-electron chi connectivity index (χ4n) is 1.68. The Morgan fingerprint density at radius 3 is 2.30 bits per heavy atom. The molecule has 0 atom stereocenters. The van der Waals surface area contributed by atoms with Crippen molar-refractivity contribution in [3.05, 3.63) is 28.8 Å². The van der Waals surface area contributed by atoms with E-state index in [2.05, 4.69) is 5.32 Å². The van der Waals surface area contributed by atoms with Gasteiger partial charge in [-0.25, -0.2) is 13.6 Å². The molecule has 1 aromatic carbocycles. The topological polar surface area (TPSA) is 115 Å². The lowest BCUT2D eigenvalue weighted by Crippen LogP contribution is -2.48. The average molecular weight is 299 g/mol. The Balaban J connectivity index is 3.28. The van der Waals surface area contributed by atoms with Crippen LogP contribution < -0.4 is 16.2 Å². The second-order valence-electron chi connectivity index (χ2n) is 5.50. The Kier molecular flexibility index (Phi) is 4.58. The molecule has 6 nitrogen and oxygen atoms in total. The number of carbonyl (C=O) groups is 1. The number of nitrogens with two attached hydrogens (primary N) is 2. The number of rotatable bonds is 4. The lowest BCUT2D eigenvalue weighted by Gasteiger charge is -2.24. The minimum Gasteiger partial charge on any atom is -0.346 e. The van der Waals surface area contributed by atoms with Gasteiger partial charge in [0.05, 0.1) is 4.90 Å². The van der Waals surface area contributed by atoms with Gasteiger partial charge in [-0.15, -0.1) is 0 Å². The molecule has 1 rings (SSSR count). The first kappa shape index (κ1) is 16.6. The quantitative estimate of drug-likeness (QED) is 0.747. The summed E-state index contributed by atoms with van der Waals surface area (Å²) in [5, 5.41) is 7.92. The van der Waals surface area contributed by atoms with E-state index >= 15 is 0 Å². The molecule has 1 amide bonds. The number of primary sulfonamides is 1. The van der Waals surface area contributed by atoms with Crippen LogP contribution >= 0.6 is 0 Å². The van der Waals surface area contributed by atoms with Crippen LogP contribution in [0.4, 0.5) is 0 Å². The second kappa shape index (κ2) is 5.51. The van der Waals surface area contributed by atoms with E-state index in [1.165, 1.54) is 6.07 Å². The Morgan fingerprint density at radius 1 is 1.30 bits per heavy atom. The Bertz CT molecular complexity index is 637.